The molecule has 0 radical (unpaired) electrons. The number of aromatic carboxylic acids is 1. The highest BCUT2D eigenvalue weighted by Crippen LogP contribution is 2.33. The van der Waals surface area contributed by atoms with Gasteiger partial charge in [0.2, 0.25) is 0 Å². The first-order valence-electron chi connectivity index (χ1n) is 7.35. The third kappa shape index (κ3) is 2.87. The van der Waals surface area contributed by atoms with E-state index in [1.165, 1.54) is 6.07 Å². The number of H-pyrrole nitrogens is 1. The van der Waals surface area contributed by atoms with Gasteiger partial charge in [-0.2, -0.15) is 0 Å². The molecule has 2 heterocycles. The largest absolute Gasteiger partial charge is 0.477 e. The highest BCUT2D eigenvalue weighted by molar-refractivity contribution is 7.21. The standard InChI is InChI=1S/C17H15N3O4S/c1-7-4-3-5-8(2)12(7)19-15(22)13-11(18)9-6-10(17(23)24)14(21)20-16(9)25-13/h3-6H,18H2,1-2H3,(H,19,22)(H,20,21)(H,23,24). The molecule has 0 atom stereocenters. The van der Waals surface area contributed by atoms with Crippen molar-refractivity contribution in [2.45, 2.75) is 13.8 Å². The van der Waals surface area contributed by atoms with Crippen LogP contribution in [0.15, 0.2) is 29.1 Å². The Morgan fingerprint density at radius 2 is 1.88 bits per heavy atom. The van der Waals surface area contributed by atoms with Gasteiger partial charge in [0.05, 0.1) is 5.69 Å². The first-order chi connectivity index (χ1) is 11.8. The van der Waals surface area contributed by atoms with Crippen LogP contribution in [0.5, 0.6) is 0 Å². The molecule has 1 amide bonds. The first-order valence-corrected chi connectivity index (χ1v) is 8.17. The average Bonchev–Trinajstić information content (AvgIpc) is 2.86. The summed E-state index contributed by atoms with van der Waals surface area (Å²) < 4.78 is 0. The van der Waals surface area contributed by atoms with E-state index in [1.54, 1.807) is 0 Å². The molecule has 0 fully saturated rings. The summed E-state index contributed by atoms with van der Waals surface area (Å²) in [6.07, 6.45) is 0. The summed E-state index contributed by atoms with van der Waals surface area (Å²) in [5.74, 6) is -1.76. The minimum absolute atomic E-state index is 0.141. The second kappa shape index (κ2) is 6.06. The number of rotatable bonds is 3. The number of benzene rings is 1. The molecule has 0 saturated heterocycles. The molecule has 1 aromatic carbocycles. The van der Waals surface area contributed by atoms with Crippen molar-refractivity contribution in [3.63, 3.8) is 0 Å². The lowest BCUT2D eigenvalue weighted by Gasteiger charge is -2.10. The van der Waals surface area contributed by atoms with E-state index in [2.05, 4.69) is 10.3 Å². The SMILES string of the molecule is Cc1cccc(C)c1NC(=O)c1sc2[nH]c(=O)c(C(=O)O)cc2c1N. The Labute approximate surface area is 146 Å². The van der Waals surface area contributed by atoms with E-state index in [9.17, 15) is 14.4 Å². The topological polar surface area (TPSA) is 125 Å². The fourth-order valence-corrected chi connectivity index (χ4v) is 3.57. The van der Waals surface area contributed by atoms with Gasteiger partial charge in [0.15, 0.2) is 0 Å². The smallest absolute Gasteiger partial charge is 0.341 e. The van der Waals surface area contributed by atoms with Gasteiger partial charge in [-0.3, -0.25) is 9.59 Å². The molecule has 0 unspecified atom stereocenters. The summed E-state index contributed by atoms with van der Waals surface area (Å²) >= 11 is 1.01. The number of aromatic nitrogens is 1. The molecule has 0 spiro atoms. The van der Waals surface area contributed by atoms with Crippen LogP contribution in [0.4, 0.5) is 11.4 Å². The Hall–Kier alpha value is -3.13. The monoisotopic (exact) mass is 357 g/mol. The molecule has 25 heavy (non-hydrogen) atoms. The summed E-state index contributed by atoms with van der Waals surface area (Å²) in [5.41, 5.74) is 7.53. The van der Waals surface area contributed by atoms with Gasteiger partial charge in [-0.15, -0.1) is 11.3 Å². The van der Waals surface area contributed by atoms with Gasteiger partial charge in [0.25, 0.3) is 11.5 Å². The predicted molar refractivity (Wildman–Crippen MR) is 97.7 cm³/mol. The maximum atomic E-state index is 12.6. The van der Waals surface area contributed by atoms with Crippen molar-refractivity contribution < 1.29 is 14.7 Å². The third-order valence-electron chi connectivity index (χ3n) is 3.90. The van der Waals surface area contributed by atoms with E-state index in [0.29, 0.717) is 15.9 Å². The molecule has 2 aromatic heterocycles. The molecular weight excluding hydrogens is 342 g/mol. The van der Waals surface area contributed by atoms with Gasteiger partial charge in [0, 0.05) is 11.1 Å². The Bertz CT molecular complexity index is 1060. The second-order valence-corrected chi connectivity index (χ2v) is 6.65. The average molecular weight is 357 g/mol. The Morgan fingerprint density at radius 3 is 2.48 bits per heavy atom. The lowest BCUT2D eigenvalue weighted by atomic mass is 10.1. The normalized spacial score (nSPS) is 10.8. The van der Waals surface area contributed by atoms with Crippen molar-refractivity contribution >= 4 is 44.8 Å². The van der Waals surface area contributed by atoms with Gasteiger partial charge >= 0.3 is 5.97 Å². The Balaban J connectivity index is 2.07. The minimum Gasteiger partial charge on any atom is -0.477 e. The highest BCUT2D eigenvalue weighted by Gasteiger charge is 2.20. The minimum atomic E-state index is -1.35. The van der Waals surface area contributed by atoms with Crippen LogP contribution in [0.1, 0.15) is 31.2 Å². The van der Waals surface area contributed by atoms with Gasteiger partial charge in [-0.25, -0.2) is 4.79 Å². The van der Waals surface area contributed by atoms with Crippen molar-refractivity contribution in [1.29, 1.82) is 0 Å². The van der Waals surface area contributed by atoms with Crippen molar-refractivity contribution in [2.24, 2.45) is 0 Å². The quantitative estimate of drug-likeness (QED) is 0.573. The molecule has 3 aromatic rings. The molecule has 0 aliphatic rings. The van der Waals surface area contributed by atoms with Crippen molar-refractivity contribution in [1.82, 2.24) is 4.98 Å². The number of nitrogens with one attached hydrogen (secondary N) is 2. The summed E-state index contributed by atoms with van der Waals surface area (Å²) in [6.45, 7) is 3.76. The summed E-state index contributed by atoms with van der Waals surface area (Å²) in [7, 11) is 0. The molecule has 128 valence electrons. The number of pyridine rings is 1. The number of hydrogen-bond acceptors (Lipinski definition) is 5. The number of nitrogens with two attached hydrogens (primary N) is 1. The van der Waals surface area contributed by atoms with Gasteiger partial charge in [0.1, 0.15) is 15.3 Å². The number of carboxylic acid groups (broad SMARTS) is 1. The lowest BCUT2D eigenvalue weighted by Crippen LogP contribution is -2.16. The van der Waals surface area contributed by atoms with Crippen LogP contribution in [0.2, 0.25) is 0 Å². The summed E-state index contributed by atoms with van der Waals surface area (Å²) in [6, 6.07) is 6.85. The van der Waals surface area contributed by atoms with E-state index in [0.717, 1.165) is 22.5 Å². The third-order valence-corrected chi connectivity index (χ3v) is 5.04. The fourth-order valence-electron chi connectivity index (χ4n) is 2.58. The number of hydrogen-bond donors (Lipinski definition) is 4. The number of thiophene rings is 1. The number of nitrogen functional groups attached to an aromatic ring is 1. The number of carbonyl (C=O) groups is 2. The van der Waals surface area contributed by atoms with E-state index in [-0.39, 0.29) is 10.6 Å². The number of para-hydroxylation sites is 1. The second-order valence-electron chi connectivity index (χ2n) is 5.63. The molecule has 0 saturated carbocycles. The molecule has 0 bridgehead atoms. The molecule has 8 heteroatoms. The first kappa shape index (κ1) is 16.7. The maximum absolute atomic E-state index is 12.6. The van der Waals surface area contributed by atoms with E-state index >= 15 is 0 Å². The van der Waals surface area contributed by atoms with Crippen LogP contribution in [-0.4, -0.2) is 22.0 Å². The Morgan fingerprint density at radius 1 is 1.24 bits per heavy atom. The van der Waals surface area contributed by atoms with Crippen LogP contribution < -0.4 is 16.6 Å². The fraction of sp³-hybridized carbons (Fsp3) is 0.118. The summed E-state index contributed by atoms with van der Waals surface area (Å²) in [4.78, 5) is 38.5. The van der Waals surface area contributed by atoms with Crippen LogP contribution >= 0.6 is 11.3 Å². The van der Waals surface area contributed by atoms with Crippen LogP contribution in [0.3, 0.4) is 0 Å². The maximum Gasteiger partial charge on any atom is 0.341 e. The molecule has 3 rings (SSSR count). The zero-order valence-electron chi connectivity index (χ0n) is 13.5. The zero-order chi connectivity index (χ0) is 18.3. The molecule has 0 aliphatic carbocycles. The molecule has 5 N–H and O–H groups in total. The van der Waals surface area contributed by atoms with E-state index < -0.39 is 23.0 Å². The number of anilines is 2. The number of carbonyl (C=O) groups excluding carboxylic acids is 1. The van der Waals surface area contributed by atoms with Crippen LogP contribution in [-0.2, 0) is 0 Å². The zero-order valence-corrected chi connectivity index (χ0v) is 14.3. The van der Waals surface area contributed by atoms with E-state index in [4.69, 9.17) is 10.8 Å². The van der Waals surface area contributed by atoms with Crippen molar-refractivity contribution in [3.05, 3.63) is 56.2 Å². The van der Waals surface area contributed by atoms with Gasteiger partial charge < -0.3 is 21.1 Å². The number of fused-ring (bicyclic) bond motifs is 1. The van der Waals surface area contributed by atoms with E-state index in [1.807, 2.05) is 32.0 Å². The predicted octanol–water partition coefficient (Wildman–Crippen LogP) is 2.74. The van der Waals surface area contributed by atoms with Gasteiger partial charge in [-0.05, 0) is 31.0 Å². The van der Waals surface area contributed by atoms with Crippen LogP contribution in [0.25, 0.3) is 10.2 Å². The van der Waals surface area contributed by atoms with Gasteiger partial charge in [-0.1, -0.05) is 18.2 Å². The highest BCUT2D eigenvalue weighted by atomic mass is 32.1. The lowest BCUT2D eigenvalue weighted by molar-refractivity contribution is 0.0695. The molecular formula is C17H15N3O4S. The number of carboxylic acids is 1. The molecule has 7 nitrogen and oxygen atoms in total. The summed E-state index contributed by atoms with van der Waals surface area (Å²) in [5, 5.41) is 12.2. The number of aromatic amines is 1. The number of amides is 1. The van der Waals surface area contributed by atoms with Crippen LogP contribution in [0, 0.1) is 13.8 Å². The van der Waals surface area contributed by atoms with Crippen molar-refractivity contribution in [3.8, 4) is 0 Å². The molecule has 0 aliphatic heterocycles. The number of aryl methyl sites for hydroxylation is 2. The Kier molecular flexibility index (Phi) is 4.05. The van der Waals surface area contributed by atoms with Crippen molar-refractivity contribution in [2.75, 3.05) is 11.1 Å².